The molecule has 1 aromatic carbocycles. The van der Waals surface area contributed by atoms with Crippen LogP contribution in [0.25, 0.3) is 0 Å². The van der Waals surface area contributed by atoms with Gasteiger partial charge < -0.3 is 5.11 Å². The number of carboxylic acids is 1. The average Bonchev–Trinajstić information content (AvgIpc) is 2.91. The van der Waals surface area contributed by atoms with E-state index in [0.29, 0.717) is 9.99 Å². The second-order valence-corrected chi connectivity index (χ2v) is 8.14. The third-order valence-electron chi connectivity index (χ3n) is 2.72. The van der Waals surface area contributed by atoms with Crippen molar-refractivity contribution in [2.24, 2.45) is 0 Å². The van der Waals surface area contributed by atoms with Gasteiger partial charge in [-0.15, -0.1) is 11.3 Å². The predicted molar refractivity (Wildman–Crippen MR) is 89.3 cm³/mol. The van der Waals surface area contributed by atoms with Gasteiger partial charge in [-0.05, 0) is 58.7 Å². The zero-order valence-corrected chi connectivity index (χ0v) is 14.5. The van der Waals surface area contributed by atoms with Gasteiger partial charge in [-0.25, -0.2) is 17.9 Å². The molecular weight excluding hydrogens is 425 g/mol. The van der Waals surface area contributed by atoms with Gasteiger partial charge in [0.2, 0.25) is 10.0 Å². The van der Waals surface area contributed by atoms with Crippen LogP contribution >= 0.6 is 33.9 Å². The highest BCUT2D eigenvalue weighted by atomic mass is 127. The van der Waals surface area contributed by atoms with E-state index < -0.39 is 16.0 Å². The Labute approximate surface area is 140 Å². The first-order valence-corrected chi connectivity index (χ1v) is 9.39. The van der Waals surface area contributed by atoms with Gasteiger partial charge in [0, 0.05) is 15.0 Å². The van der Waals surface area contributed by atoms with Crippen LogP contribution in [0.2, 0.25) is 0 Å². The molecule has 5 nitrogen and oxygen atoms in total. The highest BCUT2D eigenvalue weighted by Gasteiger charge is 2.17. The van der Waals surface area contributed by atoms with Gasteiger partial charge in [0.1, 0.15) is 0 Å². The van der Waals surface area contributed by atoms with Gasteiger partial charge in [-0.2, -0.15) is 0 Å². The molecule has 0 amide bonds. The highest BCUT2D eigenvalue weighted by molar-refractivity contribution is 14.1. The zero-order chi connectivity index (χ0) is 15.5. The summed E-state index contributed by atoms with van der Waals surface area (Å²) in [6.45, 7) is 0.275. The van der Waals surface area contributed by atoms with Crippen molar-refractivity contribution in [2.45, 2.75) is 11.3 Å². The van der Waals surface area contributed by atoms with E-state index in [4.69, 9.17) is 5.11 Å². The van der Waals surface area contributed by atoms with Gasteiger partial charge >= 0.3 is 5.97 Å². The van der Waals surface area contributed by atoms with Gasteiger partial charge in [-0.3, -0.25) is 0 Å². The quantitative estimate of drug-likeness (QED) is 0.681. The lowest BCUT2D eigenvalue weighted by atomic mass is 10.2. The topological polar surface area (TPSA) is 83.5 Å². The van der Waals surface area contributed by atoms with Crippen molar-refractivity contribution in [2.75, 3.05) is 6.54 Å². The van der Waals surface area contributed by atoms with Crippen molar-refractivity contribution in [3.63, 3.8) is 0 Å². The first kappa shape index (κ1) is 16.4. The molecule has 0 fully saturated rings. The molecular formula is C13H12INO4S2. The SMILES string of the molecule is O=C(O)c1cc(S(=O)(=O)NCCc2cccs2)ccc1I. The summed E-state index contributed by atoms with van der Waals surface area (Å²) in [5.74, 6) is -1.14. The molecule has 112 valence electrons. The Hall–Kier alpha value is -0.970. The second kappa shape index (κ2) is 6.86. The number of carbonyl (C=O) groups is 1. The summed E-state index contributed by atoms with van der Waals surface area (Å²) in [7, 11) is -3.70. The maximum Gasteiger partial charge on any atom is 0.336 e. The van der Waals surface area contributed by atoms with E-state index in [9.17, 15) is 13.2 Å². The smallest absolute Gasteiger partial charge is 0.336 e. The molecule has 0 aliphatic carbocycles. The molecule has 8 heteroatoms. The number of carboxylic acid groups (broad SMARTS) is 1. The van der Waals surface area contributed by atoms with E-state index in [1.165, 1.54) is 18.2 Å². The number of benzene rings is 1. The lowest BCUT2D eigenvalue weighted by molar-refractivity contribution is 0.0695. The number of thiophene rings is 1. The Morgan fingerprint density at radius 1 is 1.33 bits per heavy atom. The van der Waals surface area contributed by atoms with E-state index in [-0.39, 0.29) is 17.0 Å². The molecule has 21 heavy (non-hydrogen) atoms. The molecule has 0 saturated heterocycles. The molecule has 1 heterocycles. The first-order valence-electron chi connectivity index (χ1n) is 5.95. The van der Waals surface area contributed by atoms with Crippen LogP contribution in [0, 0.1) is 3.57 Å². The fourth-order valence-corrected chi connectivity index (χ4v) is 4.02. The minimum absolute atomic E-state index is 0.0169. The number of hydrogen-bond acceptors (Lipinski definition) is 4. The van der Waals surface area contributed by atoms with E-state index >= 15 is 0 Å². The fourth-order valence-electron chi connectivity index (χ4n) is 1.68. The maximum atomic E-state index is 12.1. The van der Waals surface area contributed by atoms with Crippen LogP contribution in [0.15, 0.2) is 40.6 Å². The molecule has 0 unspecified atom stereocenters. The van der Waals surface area contributed by atoms with Crippen molar-refractivity contribution in [1.29, 1.82) is 0 Å². The predicted octanol–water partition coefficient (Wildman–Crippen LogP) is 2.57. The van der Waals surface area contributed by atoms with Crippen molar-refractivity contribution < 1.29 is 18.3 Å². The Morgan fingerprint density at radius 2 is 2.10 bits per heavy atom. The van der Waals surface area contributed by atoms with Crippen LogP contribution in [0.4, 0.5) is 0 Å². The van der Waals surface area contributed by atoms with Gasteiger partial charge in [0.15, 0.2) is 0 Å². The van der Waals surface area contributed by atoms with E-state index in [1.807, 2.05) is 40.1 Å². The van der Waals surface area contributed by atoms with Crippen LogP contribution in [0.1, 0.15) is 15.2 Å². The molecule has 0 saturated carbocycles. The van der Waals surface area contributed by atoms with Gasteiger partial charge in [0.05, 0.1) is 10.5 Å². The van der Waals surface area contributed by atoms with Crippen LogP contribution in [0.5, 0.6) is 0 Å². The van der Waals surface area contributed by atoms with Gasteiger partial charge in [-0.1, -0.05) is 6.07 Å². The van der Waals surface area contributed by atoms with Crippen molar-refractivity contribution in [3.8, 4) is 0 Å². The maximum absolute atomic E-state index is 12.1. The summed E-state index contributed by atoms with van der Waals surface area (Å²) < 4.78 is 27.3. The molecule has 0 radical (unpaired) electrons. The van der Waals surface area contributed by atoms with Crippen molar-refractivity contribution in [1.82, 2.24) is 4.72 Å². The lowest BCUT2D eigenvalue weighted by Gasteiger charge is -2.08. The van der Waals surface area contributed by atoms with Crippen molar-refractivity contribution >= 4 is 49.9 Å². The summed E-state index contributed by atoms with van der Waals surface area (Å²) in [6.07, 6.45) is 0.604. The first-order chi connectivity index (χ1) is 9.90. The van der Waals surface area contributed by atoms with Crippen molar-refractivity contribution in [3.05, 3.63) is 49.7 Å². The zero-order valence-electron chi connectivity index (χ0n) is 10.7. The highest BCUT2D eigenvalue weighted by Crippen LogP contribution is 2.18. The molecule has 0 aliphatic heterocycles. The van der Waals surface area contributed by atoms with E-state index in [2.05, 4.69) is 4.72 Å². The summed E-state index contributed by atoms with van der Waals surface area (Å²) in [4.78, 5) is 12.1. The average molecular weight is 437 g/mol. The monoisotopic (exact) mass is 437 g/mol. The normalized spacial score (nSPS) is 11.5. The molecule has 2 aromatic rings. The van der Waals surface area contributed by atoms with Gasteiger partial charge in [0.25, 0.3) is 0 Å². The van der Waals surface area contributed by atoms with Crippen LogP contribution in [-0.2, 0) is 16.4 Å². The number of nitrogens with one attached hydrogen (secondary N) is 1. The third kappa shape index (κ3) is 4.25. The molecule has 0 aliphatic rings. The molecule has 0 spiro atoms. The Morgan fingerprint density at radius 3 is 2.71 bits per heavy atom. The number of sulfonamides is 1. The largest absolute Gasteiger partial charge is 0.478 e. The molecule has 1 aromatic heterocycles. The second-order valence-electron chi connectivity index (χ2n) is 4.17. The number of hydrogen-bond donors (Lipinski definition) is 2. The fraction of sp³-hybridized carbons (Fsp3) is 0.154. The standard InChI is InChI=1S/C13H12INO4S2/c14-12-4-3-10(8-11(12)13(16)17)21(18,19)15-6-5-9-2-1-7-20-9/h1-4,7-8,15H,5-6H2,(H,16,17). The Kier molecular flexibility index (Phi) is 5.36. The summed E-state index contributed by atoms with van der Waals surface area (Å²) >= 11 is 3.43. The minimum Gasteiger partial charge on any atom is -0.478 e. The third-order valence-corrected chi connectivity index (χ3v) is 6.06. The minimum atomic E-state index is -3.70. The van der Waals surface area contributed by atoms with Crippen LogP contribution in [-0.4, -0.2) is 26.0 Å². The van der Waals surface area contributed by atoms with E-state index in [0.717, 1.165) is 4.88 Å². The Balaban J connectivity index is 2.12. The molecule has 0 bridgehead atoms. The summed E-state index contributed by atoms with van der Waals surface area (Å²) in [6, 6.07) is 7.91. The Bertz CT molecular complexity index is 742. The molecule has 2 rings (SSSR count). The number of halogens is 1. The molecule has 2 N–H and O–H groups in total. The van der Waals surface area contributed by atoms with Crippen LogP contribution < -0.4 is 4.72 Å². The number of aromatic carboxylic acids is 1. The molecule has 0 atom stereocenters. The van der Waals surface area contributed by atoms with Crippen LogP contribution in [0.3, 0.4) is 0 Å². The number of rotatable bonds is 6. The summed E-state index contributed by atoms with van der Waals surface area (Å²) in [5, 5.41) is 11.0. The van der Waals surface area contributed by atoms with E-state index in [1.54, 1.807) is 11.3 Å². The lowest BCUT2D eigenvalue weighted by Crippen LogP contribution is -2.26. The summed E-state index contributed by atoms with van der Waals surface area (Å²) in [5.41, 5.74) is -0.0169.